The van der Waals surface area contributed by atoms with E-state index in [4.69, 9.17) is 23.2 Å². The molecule has 0 saturated heterocycles. The molecule has 0 radical (unpaired) electrons. The number of nitrogens with one attached hydrogen (secondary N) is 2. The first kappa shape index (κ1) is 17.8. The highest BCUT2D eigenvalue weighted by molar-refractivity contribution is 6.45. The zero-order chi connectivity index (χ0) is 16.0. The molecule has 1 rings (SSSR count). The number of hydrogen-bond donors (Lipinski definition) is 3. The number of hydrogen-bond acceptors (Lipinski definition) is 3. The van der Waals surface area contributed by atoms with E-state index in [-0.39, 0.29) is 28.2 Å². The molecule has 0 spiro atoms. The zero-order valence-electron chi connectivity index (χ0n) is 11.8. The average molecular weight is 333 g/mol. The van der Waals surface area contributed by atoms with Gasteiger partial charge in [0.1, 0.15) is 0 Å². The van der Waals surface area contributed by atoms with Crippen LogP contribution in [0.2, 0.25) is 10.0 Å². The van der Waals surface area contributed by atoms with Crippen molar-refractivity contribution in [2.75, 3.05) is 11.9 Å². The first-order valence-corrected chi connectivity index (χ1v) is 7.33. The molecule has 0 bridgehead atoms. The molecular weight excluding hydrogens is 315 g/mol. The number of carbonyl (C=O) groups excluding carboxylic acids is 2. The lowest BCUT2D eigenvalue weighted by molar-refractivity contribution is -0.136. The predicted octanol–water partition coefficient (Wildman–Crippen LogP) is 2.46. The second kappa shape index (κ2) is 8.22. The molecule has 1 aromatic carbocycles. The van der Waals surface area contributed by atoms with E-state index in [1.54, 1.807) is 12.1 Å². The largest absolute Gasteiger partial charge is 0.391 e. The van der Waals surface area contributed by atoms with Gasteiger partial charge in [0.25, 0.3) is 0 Å². The fourth-order valence-corrected chi connectivity index (χ4v) is 1.88. The van der Waals surface area contributed by atoms with Crippen molar-refractivity contribution >= 4 is 40.7 Å². The molecular formula is C14H18Cl2N2O3. The van der Waals surface area contributed by atoms with Crippen molar-refractivity contribution in [1.29, 1.82) is 0 Å². The van der Waals surface area contributed by atoms with Crippen molar-refractivity contribution in [3.8, 4) is 0 Å². The second-order valence-electron chi connectivity index (χ2n) is 4.72. The fourth-order valence-electron chi connectivity index (χ4n) is 1.53. The number of rotatable bonds is 5. The van der Waals surface area contributed by atoms with Crippen molar-refractivity contribution in [3.63, 3.8) is 0 Å². The molecule has 2 atom stereocenters. The molecule has 21 heavy (non-hydrogen) atoms. The summed E-state index contributed by atoms with van der Waals surface area (Å²) in [5.74, 6) is -1.67. The van der Waals surface area contributed by atoms with Crippen molar-refractivity contribution in [2.24, 2.45) is 5.92 Å². The van der Waals surface area contributed by atoms with Crippen LogP contribution in [0.25, 0.3) is 0 Å². The molecule has 0 aliphatic heterocycles. The van der Waals surface area contributed by atoms with Crippen LogP contribution in [0.3, 0.4) is 0 Å². The number of amides is 2. The van der Waals surface area contributed by atoms with Crippen LogP contribution in [0.4, 0.5) is 5.69 Å². The van der Waals surface area contributed by atoms with Gasteiger partial charge in [0.05, 0.1) is 21.8 Å². The molecule has 0 aromatic heterocycles. The van der Waals surface area contributed by atoms with Crippen molar-refractivity contribution in [2.45, 2.75) is 26.4 Å². The van der Waals surface area contributed by atoms with Gasteiger partial charge in [-0.05, 0) is 18.1 Å². The summed E-state index contributed by atoms with van der Waals surface area (Å²) in [6.07, 6.45) is 0.0861. The van der Waals surface area contributed by atoms with Crippen molar-refractivity contribution in [1.82, 2.24) is 5.32 Å². The first-order chi connectivity index (χ1) is 9.86. The highest BCUT2D eigenvalue weighted by atomic mass is 35.5. The summed E-state index contributed by atoms with van der Waals surface area (Å²) in [6.45, 7) is 3.82. The van der Waals surface area contributed by atoms with E-state index >= 15 is 0 Å². The van der Waals surface area contributed by atoms with Crippen LogP contribution in [0.1, 0.15) is 20.3 Å². The molecule has 3 N–H and O–H groups in total. The standard InChI is InChI=1S/C14H18Cl2N2O3/c1-3-8(2)11(19)7-17-13(20)14(21)18-10-6-4-5-9(15)12(10)16/h4-6,8,11,19H,3,7H2,1-2H3,(H,17,20)(H,18,21). The van der Waals surface area contributed by atoms with Crippen molar-refractivity contribution < 1.29 is 14.7 Å². The number of carbonyl (C=O) groups is 2. The van der Waals surface area contributed by atoms with Gasteiger partial charge < -0.3 is 15.7 Å². The van der Waals surface area contributed by atoms with Crippen LogP contribution in [0.5, 0.6) is 0 Å². The van der Waals surface area contributed by atoms with Gasteiger partial charge in [-0.2, -0.15) is 0 Å². The van der Waals surface area contributed by atoms with Crippen LogP contribution in [-0.4, -0.2) is 29.6 Å². The van der Waals surface area contributed by atoms with Gasteiger partial charge in [-0.15, -0.1) is 0 Å². The number of aliphatic hydroxyl groups is 1. The topological polar surface area (TPSA) is 78.4 Å². The summed E-state index contributed by atoms with van der Waals surface area (Å²) in [7, 11) is 0. The molecule has 0 aliphatic rings. The zero-order valence-corrected chi connectivity index (χ0v) is 13.3. The average Bonchev–Trinajstić information content (AvgIpc) is 2.47. The summed E-state index contributed by atoms with van der Waals surface area (Å²) in [5.41, 5.74) is 0.256. The van der Waals surface area contributed by atoms with Crippen LogP contribution in [0.15, 0.2) is 18.2 Å². The number of aliphatic hydroxyl groups excluding tert-OH is 1. The van der Waals surface area contributed by atoms with Gasteiger partial charge in [-0.1, -0.05) is 49.5 Å². The van der Waals surface area contributed by atoms with E-state index in [1.807, 2.05) is 13.8 Å². The van der Waals surface area contributed by atoms with E-state index in [2.05, 4.69) is 10.6 Å². The SMILES string of the molecule is CCC(C)C(O)CNC(=O)C(=O)Nc1cccc(Cl)c1Cl. The third-order valence-electron chi connectivity index (χ3n) is 3.18. The lowest BCUT2D eigenvalue weighted by Crippen LogP contribution is -2.41. The molecule has 1 aromatic rings. The molecule has 0 heterocycles. The van der Waals surface area contributed by atoms with Crippen LogP contribution in [-0.2, 0) is 9.59 Å². The minimum absolute atomic E-state index is 0.0184. The number of halogens is 2. The lowest BCUT2D eigenvalue weighted by Gasteiger charge is -2.17. The second-order valence-corrected chi connectivity index (χ2v) is 5.50. The summed E-state index contributed by atoms with van der Waals surface area (Å²) >= 11 is 11.7. The molecule has 0 fully saturated rings. The quantitative estimate of drug-likeness (QED) is 0.724. The summed E-state index contributed by atoms with van der Waals surface area (Å²) in [5, 5.41) is 14.9. The van der Waals surface area contributed by atoms with Gasteiger partial charge in [0.15, 0.2) is 0 Å². The van der Waals surface area contributed by atoms with Gasteiger partial charge in [0.2, 0.25) is 0 Å². The third kappa shape index (κ3) is 5.19. The monoisotopic (exact) mass is 332 g/mol. The highest BCUT2D eigenvalue weighted by Gasteiger charge is 2.18. The molecule has 2 unspecified atom stereocenters. The van der Waals surface area contributed by atoms with E-state index in [1.165, 1.54) is 6.07 Å². The van der Waals surface area contributed by atoms with E-state index in [0.717, 1.165) is 6.42 Å². The third-order valence-corrected chi connectivity index (χ3v) is 4.00. The summed E-state index contributed by atoms with van der Waals surface area (Å²) in [6, 6.07) is 4.71. The van der Waals surface area contributed by atoms with Crippen molar-refractivity contribution in [3.05, 3.63) is 28.2 Å². The maximum absolute atomic E-state index is 11.7. The maximum atomic E-state index is 11.7. The minimum Gasteiger partial charge on any atom is -0.391 e. The molecule has 0 saturated carbocycles. The molecule has 7 heteroatoms. The van der Waals surface area contributed by atoms with Gasteiger partial charge in [-0.3, -0.25) is 9.59 Å². The van der Waals surface area contributed by atoms with Crippen LogP contribution >= 0.6 is 23.2 Å². The molecule has 2 amide bonds. The van der Waals surface area contributed by atoms with Gasteiger partial charge in [0, 0.05) is 6.54 Å². The minimum atomic E-state index is -0.865. The maximum Gasteiger partial charge on any atom is 0.313 e. The smallest absolute Gasteiger partial charge is 0.313 e. The van der Waals surface area contributed by atoms with Crippen LogP contribution in [0, 0.1) is 5.92 Å². The fraction of sp³-hybridized carbons (Fsp3) is 0.429. The summed E-state index contributed by atoms with van der Waals surface area (Å²) in [4.78, 5) is 23.4. The normalized spacial score (nSPS) is 13.4. The van der Waals surface area contributed by atoms with E-state index < -0.39 is 17.9 Å². The Bertz CT molecular complexity index is 523. The molecule has 0 aliphatic carbocycles. The predicted molar refractivity (Wildman–Crippen MR) is 83.6 cm³/mol. The highest BCUT2D eigenvalue weighted by Crippen LogP contribution is 2.29. The Balaban J connectivity index is 2.56. The number of benzene rings is 1. The Morgan fingerprint density at radius 2 is 1.95 bits per heavy atom. The summed E-state index contributed by atoms with van der Waals surface area (Å²) < 4.78 is 0. The van der Waals surface area contributed by atoms with E-state index in [9.17, 15) is 14.7 Å². The Morgan fingerprint density at radius 3 is 2.57 bits per heavy atom. The lowest BCUT2D eigenvalue weighted by atomic mass is 10.0. The Labute approximate surface area is 133 Å². The van der Waals surface area contributed by atoms with Gasteiger partial charge in [-0.25, -0.2) is 0 Å². The Hall–Kier alpha value is -1.30. The Morgan fingerprint density at radius 1 is 1.29 bits per heavy atom. The first-order valence-electron chi connectivity index (χ1n) is 6.58. The van der Waals surface area contributed by atoms with Crippen LogP contribution < -0.4 is 10.6 Å². The van der Waals surface area contributed by atoms with E-state index in [0.29, 0.717) is 0 Å². The number of anilines is 1. The van der Waals surface area contributed by atoms with Gasteiger partial charge >= 0.3 is 11.8 Å². The molecule has 5 nitrogen and oxygen atoms in total. The Kier molecular flexibility index (Phi) is 6.95. The molecule has 116 valence electrons.